The van der Waals surface area contributed by atoms with Gasteiger partial charge < -0.3 is 9.40 Å². The number of carbonyl (C=O) groups excluding carboxylic acids is 1. The van der Waals surface area contributed by atoms with Crippen molar-refractivity contribution in [2.24, 2.45) is 0 Å². The van der Waals surface area contributed by atoms with E-state index in [-0.39, 0.29) is 5.91 Å². The smallest absolute Gasteiger partial charge is 0.257 e. The molecular weight excluding hydrogens is 292 g/mol. The van der Waals surface area contributed by atoms with E-state index in [0.29, 0.717) is 17.3 Å². The van der Waals surface area contributed by atoms with Crippen LogP contribution in [-0.2, 0) is 0 Å². The van der Waals surface area contributed by atoms with E-state index in [1.165, 1.54) is 6.39 Å². The number of amides is 1. The molecule has 6 nitrogen and oxygen atoms in total. The molecule has 0 atom stereocenters. The van der Waals surface area contributed by atoms with Gasteiger partial charge in [-0.3, -0.25) is 10.1 Å². The average Bonchev–Trinajstić information content (AvgIpc) is 3.24. The molecule has 2 aromatic carbocycles. The van der Waals surface area contributed by atoms with Crippen molar-refractivity contribution in [2.75, 3.05) is 5.32 Å². The molecule has 0 unspecified atom stereocenters. The highest BCUT2D eigenvalue weighted by atomic mass is 16.3. The Kier molecular flexibility index (Phi) is 3.12. The first-order valence-corrected chi connectivity index (χ1v) is 7.04. The number of hydrogen-bond donors (Lipinski definition) is 2. The maximum Gasteiger partial charge on any atom is 0.257 e. The summed E-state index contributed by atoms with van der Waals surface area (Å²) < 4.78 is 5.22. The Hall–Kier alpha value is -3.41. The van der Waals surface area contributed by atoms with Crippen molar-refractivity contribution in [1.29, 1.82) is 0 Å². The van der Waals surface area contributed by atoms with Crippen LogP contribution in [0.2, 0.25) is 0 Å². The number of anilines is 1. The van der Waals surface area contributed by atoms with Crippen LogP contribution in [0.15, 0.2) is 65.5 Å². The van der Waals surface area contributed by atoms with Crippen molar-refractivity contribution in [3.05, 3.63) is 66.7 Å². The number of oxazole rings is 1. The molecule has 0 aliphatic heterocycles. The number of benzene rings is 2. The Morgan fingerprint density at radius 3 is 2.65 bits per heavy atom. The van der Waals surface area contributed by atoms with Gasteiger partial charge in [-0.15, -0.1) is 0 Å². The summed E-state index contributed by atoms with van der Waals surface area (Å²) >= 11 is 0. The second-order valence-corrected chi connectivity index (χ2v) is 5.00. The number of nitrogens with zero attached hydrogens (tertiary/aromatic N) is 2. The SMILES string of the molecule is O=C(Nc1nc2ccccc2[nH]1)c1ccc(-c2cnco2)cc1. The standard InChI is InChI=1S/C17H12N4O2/c22-16(21-17-19-13-3-1-2-4-14(13)20-17)12-7-5-11(6-8-12)15-9-18-10-23-15/h1-10H,(H2,19,20,21,22). The summed E-state index contributed by atoms with van der Waals surface area (Å²) in [5.41, 5.74) is 3.09. The summed E-state index contributed by atoms with van der Waals surface area (Å²) in [6, 6.07) is 14.7. The summed E-state index contributed by atoms with van der Waals surface area (Å²) in [4.78, 5) is 23.5. The molecule has 0 saturated heterocycles. The van der Waals surface area contributed by atoms with Gasteiger partial charge in [0.15, 0.2) is 12.2 Å². The predicted molar refractivity (Wildman–Crippen MR) is 86.0 cm³/mol. The van der Waals surface area contributed by atoms with Gasteiger partial charge in [0.25, 0.3) is 5.91 Å². The maximum absolute atomic E-state index is 12.3. The molecule has 0 aliphatic carbocycles. The highest BCUT2D eigenvalue weighted by Gasteiger charge is 2.10. The average molecular weight is 304 g/mol. The minimum Gasteiger partial charge on any atom is -0.444 e. The van der Waals surface area contributed by atoms with Crippen molar-refractivity contribution >= 4 is 22.9 Å². The molecule has 4 aromatic rings. The van der Waals surface area contributed by atoms with Gasteiger partial charge in [-0.2, -0.15) is 0 Å². The van der Waals surface area contributed by atoms with Gasteiger partial charge in [0.1, 0.15) is 0 Å². The lowest BCUT2D eigenvalue weighted by Gasteiger charge is -2.02. The Morgan fingerprint density at radius 2 is 1.91 bits per heavy atom. The van der Waals surface area contributed by atoms with E-state index < -0.39 is 0 Å². The monoisotopic (exact) mass is 304 g/mol. The first-order valence-electron chi connectivity index (χ1n) is 7.04. The van der Waals surface area contributed by atoms with Crippen LogP contribution in [0.3, 0.4) is 0 Å². The van der Waals surface area contributed by atoms with Crippen LogP contribution >= 0.6 is 0 Å². The number of nitrogens with one attached hydrogen (secondary N) is 2. The number of rotatable bonds is 3. The van der Waals surface area contributed by atoms with Crippen molar-refractivity contribution in [2.45, 2.75) is 0 Å². The summed E-state index contributed by atoms with van der Waals surface area (Å²) in [5.74, 6) is 0.859. The number of para-hydroxylation sites is 2. The number of aromatic nitrogens is 3. The van der Waals surface area contributed by atoms with Crippen LogP contribution in [0.1, 0.15) is 10.4 Å². The second-order valence-electron chi connectivity index (χ2n) is 5.00. The van der Waals surface area contributed by atoms with Crippen molar-refractivity contribution in [3.63, 3.8) is 0 Å². The number of aromatic amines is 1. The Labute approximate surface area is 131 Å². The normalized spacial score (nSPS) is 10.8. The minimum absolute atomic E-state index is 0.229. The van der Waals surface area contributed by atoms with Crippen LogP contribution in [0.5, 0.6) is 0 Å². The Balaban J connectivity index is 1.54. The van der Waals surface area contributed by atoms with Gasteiger partial charge in [-0.05, 0) is 24.3 Å². The lowest BCUT2D eigenvalue weighted by atomic mass is 10.1. The molecule has 23 heavy (non-hydrogen) atoms. The fourth-order valence-electron chi connectivity index (χ4n) is 2.34. The number of fused-ring (bicyclic) bond motifs is 1. The van der Waals surface area contributed by atoms with E-state index >= 15 is 0 Å². The highest BCUT2D eigenvalue weighted by molar-refractivity contribution is 6.04. The van der Waals surface area contributed by atoms with Gasteiger partial charge in [-0.1, -0.05) is 24.3 Å². The van der Waals surface area contributed by atoms with Gasteiger partial charge in [0.05, 0.1) is 17.2 Å². The summed E-state index contributed by atoms with van der Waals surface area (Å²) in [6.45, 7) is 0. The molecule has 112 valence electrons. The van der Waals surface area contributed by atoms with E-state index in [1.807, 2.05) is 36.4 Å². The van der Waals surface area contributed by atoms with Crippen molar-refractivity contribution in [3.8, 4) is 11.3 Å². The first kappa shape index (κ1) is 13.3. The minimum atomic E-state index is -0.229. The van der Waals surface area contributed by atoms with Crippen LogP contribution in [-0.4, -0.2) is 20.9 Å². The lowest BCUT2D eigenvalue weighted by Crippen LogP contribution is -2.12. The van der Waals surface area contributed by atoms with Crippen molar-refractivity contribution in [1.82, 2.24) is 15.0 Å². The van der Waals surface area contributed by atoms with E-state index in [0.717, 1.165) is 16.6 Å². The van der Waals surface area contributed by atoms with Crippen LogP contribution in [0, 0.1) is 0 Å². The fraction of sp³-hybridized carbons (Fsp3) is 0. The molecule has 0 radical (unpaired) electrons. The molecular formula is C17H12N4O2. The third-order valence-electron chi connectivity index (χ3n) is 3.49. The van der Waals surface area contributed by atoms with Gasteiger partial charge in [-0.25, -0.2) is 9.97 Å². The van der Waals surface area contributed by atoms with Crippen LogP contribution in [0.25, 0.3) is 22.4 Å². The molecule has 6 heteroatoms. The number of hydrogen-bond acceptors (Lipinski definition) is 4. The Morgan fingerprint density at radius 1 is 1.09 bits per heavy atom. The van der Waals surface area contributed by atoms with Gasteiger partial charge in [0.2, 0.25) is 5.95 Å². The van der Waals surface area contributed by atoms with E-state index in [4.69, 9.17) is 4.42 Å². The highest BCUT2D eigenvalue weighted by Crippen LogP contribution is 2.19. The van der Waals surface area contributed by atoms with Crippen LogP contribution in [0.4, 0.5) is 5.95 Å². The predicted octanol–water partition coefficient (Wildman–Crippen LogP) is 3.47. The van der Waals surface area contributed by atoms with E-state index in [9.17, 15) is 4.79 Å². The summed E-state index contributed by atoms with van der Waals surface area (Å²) in [5, 5.41) is 2.76. The molecule has 1 amide bonds. The van der Waals surface area contributed by atoms with Gasteiger partial charge >= 0.3 is 0 Å². The topological polar surface area (TPSA) is 83.8 Å². The molecule has 2 heterocycles. The van der Waals surface area contributed by atoms with E-state index in [1.54, 1.807) is 18.3 Å². The van der Waals surface area contributed by atoms with E-state index in [2.05, 4.69) is 20.3 Å². The molecule has 0 bridgehead atoms. The zero-order chi connectivity index (χ0) is 15.6. The fourth-order valence-corrected chi connectivity index (χ4v) is 2.34. The molecule has 2 aromatic heterocycles. The zero-order valence-electron chi connectivity index (χ0n) is 12.0. The third-order valence-corrected chi connectivity index (χ3v) is 3.49. The molecule has 0 fully saturated rings. The van der Waals surface area contributed by atoms with Crippen LogP contribution < -0.4 is 5.32 Å². The second kappa shape index (κ2) is 5.42. The molecule has 4 rings (SSSR count). The summed E-state index contributed by atoms with van der Waals surface area (Å²) in [6.07, 6.45) is 3.00. The Bertz CT molecular complexity index is 923. The summed E-state index contributed by atoms with van der Waals surface area (Å²) in [7, 11) is 0. The molecule has 0 spiro atoms. The number of carbonyl (C=O) groups is 1. The first-order chi connectivity index (χ1) is 11.3. The molecule has 2 N–H and O–H groups in total. The third kappa shape index (κ3) is 2.57. The zero-order valence-corrected chi connectivity index (χ0v) is 12.0. The largest absolute Gasteiger partial charge is 0.444 e. The number of imidazole rings is 1. The number of H-pyrrole nitrogens is 1. The molecule has 0 aliphatic rings. The van der Waals surface area contributed by atoms with Crippen molar-refractivity contribution < 1.29 is 9.21 Å². The quantitative estimate of drug-likeness (QED) is 0.607. The lowest BCUT2D eigenvalue weighted by molar-refractivity contribution is 0.102. The molecule has 0 saturated carbocycles. The maximum atomic E-state index is 12.3. The van der Waals surface area contributed by atoms with Gasteiger partial charge in [0, 0.05) is 11.1 Å².